The quantitative estimate of drug-likeness (QED) is 0.831. The summed E-state index contributed by atoms with van der Waals surface area (Å²) >= 11 is 0. The van der Waals surface area contributed by atoms with E-state index < -0.39 is 10.0 Å². The van der Waals surface area contributed by atoms with Gasteiger partial charge >= 0.3 is 0 Å². The number of fused-ring (bicyclic) bond motifs is 1. The molecule has 1 aliphatic carbocycles. The maximum absolute atomic E-state index is 13.0. The second kappa shape index (κ2) is 7.43. The van der Waals surface area contributed by atoms with Crippen LogP contribution in [0.15, 0.2) is 29.2 Å². The number of sulfonamides is 1. The lowest BCUT2D eigenvalue weighted by Crippen LogP contribution is -2.52. The first-order chi connectivity index (χ1) is 11.9. The van der Waals surface area contributed by atoms with Gasteiger partial charge in [-0.05, 0) is 55.4 Å². The fourth-order valence-corrected chi connectivity index (χ4v) is 5.08. The Kier molecular flexibility index (Phi) is 5.46. The Bertz CT molecular complexity index is 717. The molecule has 1 aromatic rings. The van der Waals surface area contributed by atoms with E-state index in [0.29, 0.717) is 23.4 Å². The number of nitrogens with one attached hydrogen (secondary N) is 1. The van der Waals surface area contributed by atoms with Crippen molar-refractivity contribution in [2.24, 2.45) is 11.8 Å². The third-order valence-corrected chi connectivity index (χ3v) is 6.88. The van der Waals surface area contributed by atoms with E-state index in [1.165, 1.54) is 38.5 Å². The molecule has 1 saturated heterocycles. The maximum atomic E-state index is 13.0. The second-order valence-corrected chi connectivity index (χ2v) is 8.74. The van der Waals surface area contributed by atoms with E-state index in [1.54, 1.807) is 12.1 Å². The lowest BCUT2D eigenvalue weighted by molar-refractivity contribution is 0.0217. The van der Waals surface area contributed by atoms with E-state index in [4.69, 9.17) is 0 Å². The van der Waals surface area contributed by atoms with Gasteiger partial charge in [-0.1, -0.05) is 24.7 Å². The monoisotopic (exact) mass is 366 g/mol. The molecular formula is C18H26N2O4S. The molecule has 2 fully saturated rings. The van der Waals surface area contributed by atoms with Crippen molar-refractivity contribution in [3.8, 4) is 0 Å². The highest BCUT2D eigenvalue weighted by molar-refractivity contribution is 7.89. The van der Waals surface area contributed by atoms with Crippen molar-refractivity contribution in [3.05, 3.63) is 29.8 Å². The molecule has 0 aromatic heterocycles. The van der Waals surface area contributed by atoms with E-state index in [-0.39, 0.29) is 10.8 Å². The molecule has 138 valence electrons. The normalized spacial score (nSPS) is 27.0. The lowest BCUT2D eigenvalue weighted by atomic mass is 9.72. The van der Waals surface area contributed by atoms with Crippen LogP contribution in [-0.4, -0.2) is 38.9 Å². The van der Waals surface area contributed by atoms with Gasteiger partial charge in [-0.25, -0.2) is 8.42 Å². The molecule has 2 aliphatic rings. The number of nitrogens with zero attached hydrogens (tertiary/aromatic N) is 1. The van der Waals surface area contributed by atoms with Crippen LogP contribution in [0.3, 0.4) is 0 Å². The molecule has 25 heavy (non-hydrogen) atoms. The largest absolute Gasteiger partial charge is 0.335 e. The van der Waals surface area contributed by atoms with Crippen LogP contribution in [0.2, 0.25) is 0 Å². The highest BCUT2D eigenvalue weighted by atomic mass is 32.2. The van der Waals surface area contributed by atoms with Gasteiger partial charge in [-0.2, -0.15) is 0 Å². The number of amides is 1. The Morgan fingerprint density at radius 1 is 1.16 bits per heavy atom. The molecule has 1 saturated carbocycles. The van der Waals surface area contributed by atoms with Crippen LogP contribution in [-0.2, 0) is 14.9 Å². The summed E-state index contributed by atoms with van der Waals surface area (Å²) in [5.74, 6) is 1.27. The van der Waals surface area contributed by atoms with Crippen LogP contribution < -0.4 is 4.89 Å². The van der Waals surface area contributed by atoms with Crippen molar-refractivity contribution in [1.82, 2.24) is 9.79 Å². The number of carbonyl (C=O) groups excluding carboxylic acids is 1. The fraction of sp³-hybridized carbons (Fsp3) is 0.611. The van der Waals surface area contributed by atoms with Gasteiger partial charge in [-0.3, -0.25) is 9.63 Å². The minimum absolute atomic E-state index is 0.00690. The predicted octanol–water partition coefficient (Wildman–Crippen LogP) is 2.57. The molecule has 6 nitrogen and oxygen atoms in total. The highest BCUT2D eigenvalue weighted by Gasteiger charge is 2.39. The topological polar surface area (TPSA) is 75.7 Å². The van der Waals surface area contributed by atoms with Gasteiger partial charge in [-0.15, -0.1) is 0 Å². The Labute approximate surface area is 149 Å². The molecule has 0 unspecified atom stereocenters. The first kappa shape index (κ1) is 18.4. The van der Waals surface area contributed by atoms with E-state index in [2.05, 4.69) is 11.8 Å². The number of carbonyl (C=O) groups is 1. The fourth-order valence-electron chi connectivity index (χ4n) is 4.27. The van der Waals surface area contributed by atoms with E-state index in [1.807, 2.05) is 9.79 Å². The number of piperidine rings is 1. The van der Waals surface area contributed by atoms with E-state index in [0.717, 1.165) is 19.4 Å². The summed E-state index contributed by atoms with van der Waals surface area (Å²) in [4.78, 5) is 21.5. The number of hydrogen-bond acceptors (Lipinski definition) is 4. The van der Waals surface area contributed by atoms with Gasteiger partial charge in [0.15, 0.2) is 0 Å². The smallest absolute Gasteiger partial charge is 0.262 e. The third-order valence-electron chi connectivity index (χ3n) is 5.60. The molecular weight excluding hydrogens is 340 g/mol. The minimum Gasteiger partial charge on any atom is -0.335 e. The molecule has 1 amide bonds. The second-order valence-electron chi connectivity index (χ2n) is 7.10. The van der Waals surface area contributed by atoms with Crippen molar-refractivity contribution in [1.29, 1.82) is 0 Å². The van der Waals surface area contributed by atoms with Gasteiger partial charge in [0, 0.05) is 18.2 Å². The van der Waals surface area contributed by atoms with Crippen molar-refractivity contribution < 1.29 is 18.0 Å². The van der Waals surface area contributed by atoms with Gasteiger partial charge in [0.25, 0.3) is 15.9 Å². The molecule has 7 heteroatoms. The average Bonchev–Trinajstić information content (AvgIpc) is 2.62. The summed E-state index contributed by atoms with van der Waals surface area (Å²) < 4.78 is 23.8. The van der Waals surface area contributed by atoms with Gasteiger partial charge in [0.1, 0.15) is 0 Å². The molecule has 3 atom stereocenters. The van der Waals surface area contributed by atoms with Crippen LogP contribution in [0.5, 0.6) is 0 Å². The molecule has 0 spiro atoms. The lowest BCUT2D eigenvalue weighted by Gasteiger charge is -2.47. The Hall–Kier alpha value is -1.44. The Morgan fingerprint density at radius 3 is 2.52 bits per heavy atom. The number of likely N-dealkylation sites (tertiary alicyclic amines) is 1. The maximum Gasteiger partial charge on any atom is 0.262 e. The SMILES string of the molecule is CONS(=O)(=O)c1ccc(C(=O)N2CC[C@H](C)[C@H]3CCCC[C@H]32)cc1. The van der Waals surface area contributed by atoms with Crippen LogP contribution in [0.4, 0.5) is 0 Å². The Morgan fingerprint density at radius 2 is 1.84 bits per heavy atom. The van der Waals surface area contributed by atoms with E-state index in [9.17, 15) is 13.2 Å². The summed E-state index contributed by atoms with van der Waals surface area (Å²) in [6.45, 7) is 3.08. The van der Waals surface area contributed by atoms with Crippen molar-refractivity contribution in [3.63, 3.8) is 0 Å². The molecule has 1 heterocycles. The Balaban J connectivity index is 1.78. The van der Waals surface area contributed by atoms with Crippen LogP contribution in [0, 0.1) is 11.8 Å². The predicted molar refractivity (Wildman–Crippen MR) is 94.3 cm³/mol. The number of hydrogen-bond donors (Lipinski definition) is 1. The van der Waals surface area contributed by atoms with Crippen molar-refractivity contribution in [2.45, 2.75) is 50.0 Å². The van der Waals surface area contributed by atoms with Gasteiger partial charge in [0.2, 0.25) is 0 Å². The zero-order chi connectivity index (χ0) is 18.0. The summed E-state index contributed by atoms with van der Waals surface area (Å²) in [6.07, 6.45) is 5.75. The average molecular weight is 366 g/mol. The molecule has 3 rings (SSSR count). The van der Waals surface area contributed by atoms with Crippen LogP contribution in [0.1, 0.15) is 49.4 Å². The summed E-state index contributed by atoms with van der Waals surface area (Å²) in [5, 5.41) is 0. The highest BCUT2D eigenvalue weighted by Crippen LogP contribution is 2.39. The number of benzene rings is 1. The first-order valence-corrected chi connectivity index (χ1v) is 10.4. The zero-order valence-corrected chi connectivity index (χ0v) is 15.6. The van der Waals surface area contributed by atoms with Gasteiger partial charge in [0.05, 0.1) is 12.0 Å². The third kappa shape index (κ3) is 3.73. The summed E-state index contributed by atoms with van der Waals surface area (Å²) in [6, 6.07) is 6.38. The molecule has 1 aliphatic heterocycles. The van der Waals surface area contributed by atoms with Crippen LogP contribution in [0.25, 0.3) is 0 Å². The van der Waals surface area contributed by atoms with Gasteiger partial charge < -0.3 is 4.90 Å². The first-order valence-electron chi connectivity index (χ1n) is 8.90. The zero-order valence-electron chi connectivity index (χ0n) is 14.8. The molecule has 0 radical (unpaired) electrons. The standard InChI is InChI=1S/C18H26N2O4S/c1-13-11-12-20(17-6-4-3-5-16(13)17)18(21)14-7-9-15(10-8-14)25(22,23)19-24-2/h7-10,13,16-17,19H,3-6,11-12H2,1-2H3/t13-,16+,17+/m0/s1. The number of rotatable bonds is 4. The van der Waals surface area contributed by atoms with Crippen LogP contribution >= 0.6 is 0 Å². The summed E-state index contributed by atoms with van der Waals surface area (Å²) in [7, 11) is -2.46. The van der Waals surface area contributed by atoms with E-state index >= 15 is 0 Å². The van der Waals surface area contributed by atoms with Crippen molar-refractivity contribution in [2.75, 3.05) is 13.7 Å². The summed E-state index contributed by atoms with van der Waals surface area (Å²) in [5.41, 5.74) is 0.537. The minimum atomic E-state index is -3.70. The molecule has 1 N–H and O–H groups in total. The van der Waals surface area contributed by atoms with Crippen molar-refractivity contribution >= 4 is 15.9 Å². The molecule has 0 bridgehead atoms. The molecule has 1 aromatic carbocycles.